The van der Waals surface area contributed by atoms with Gasteiger partial charge in [-0.15, -0.1) is 0 Å². The van der Waals surface area contributed by atoms with Crippen LogP contribution in [0.25, 0.3) is 0 Å². The number of Topliss-reactive ketones (excluding diaryl/α,β-unsaturated/α-hetero) is 2. The Morgan fingerprint density at radius 2 is 1.48 bits per heavy atom. The van der Waals surface area contributed by atoms with Crippen molar-refractivity contribution in [1.82, 2.24) is 0 Å². The van der Waals surface area contributed by atoms with E-state index in [2.05, 4.69) is 34.6 Å². The zero-order valence-electron chi connectivity index (χ0n) is 30.0. The Bertz CT molecular complexity index is 1380. The van der Waals surface area contributed by atoms with E-state index in [-0.39, 0.29) is 52.0 Å². The standard InChI is InChI=1S/C38H56O8/c1-21(2)27-28-23-12-13-25-35(9)16-15-26(46-22(3)39)34(7,8)24(35)14-17-37(25,11)36(23,10)18-19-38(28,30(41)29(27)40)32(43)45-20-44-31(42)33(4,5)6/h21,23-26H,12-20H2,1-11H3/t23-,24+,25-,26?,35+,36-,37-,38+/m1/s1. The Kier molecular flexibility index (Phi) is 8.34. The molecule has 0 N–H and O–H groups in total. The Labute approximate surface area is 275 Å². The summed E-state index contributed by atoms with van der Waals surface area (Å²) in [7, 11) is 0. The summed E-state index contributed by atoms with van der Waals surface area (Å²) in [5, 5.41) is 0. The summed E-state index contributed by atoms with van der Waals surface area (Å²) in [6.07, 6.45) is 6.28. The van der Waals surface area contributed by atoms with Crippen LogP contribution in [0.2, 0.25) is 0 Å². The Hall–Kier alpha value is -2.51. The SMILES string of the molecule is CC(=O)OC1CC[C@]2(C)[C@H]3CC[C@@H]4C5=C(C(C)C)C(=O)C(=O)[C@]5(C(=O)OCOC(=O)C(C)(C)C)CC[C@@]4(C)[C@]3(C)CC[C@H]2C1(C)C. The number of hydrogen-bond acceptors (Lipinski definition) is 8. The molecule has 0 spiro atoms. The summed E-state index contributed by atoms with van der Waals surface area (Å²) < 4.78 is 16.7. The van der Waals surface area contributed by atoms with E-state index < -0.39 is 41.1 Å². The van der Waals surface area contributed by atoms with Crippen molar-refractivity contribution in [3.05, 3.63) is 11.1 Å². The molecule has 0 amide bonds. The molecule has 0 aromatic heterocycles. The van der Waals surface area contributed by atoms with Crippen LogP contribution < -0.4 is 0 Å². The topological polar surface area (TPSA) is 113 Å². The third-order valence-corrected chi connectivity index (χ3v) is 14.0. The quantitative estimate of drug-likeness (QED) is 0.135. The van der Waals surface area contributed by atoms with Gasteiger partial charge in [0.05, 0.1) is 5.41 Å². The number of rotatable bonds is 5. The molecule has 0 heterocycles. The first-order valence-electron chi connectivity index (χ1n) is 17.5. The van der Waals surface area contributed by atoms with Gasteiger partial charge in [-0.05, 0) is 118 Å². The molecule has 1 unspecified atom stereocenters. The second kappa shape index (κ2) is 11.0. The summed E-state index contributed by atoms with van der Waals surface area (Å²) in [5.74, 6) is -2.30. The van der Waals surface area contributed by atoms with Gasteiger partial charge in [0.25, 0.3) is 0 Å². The molecule has 8 atom stereocenters. The molecule has 46 heavy (non-hydrogen) atoms. The molecular weight excluding hydrogens is 584 g/mol. The lowest BCUT2D eigenvalue weighted by molar-refractivity contribution is -0.233. The van der Waals surface area contributed by atoms with Crippen molar-refractivity contribution in [3.8, 4) is 0 Å². The van der Waals surface area contributed by atoms with Crippen LogP contribution in [0.3, 0.4) is 0 Å². The number of ketones is 2. The molecule has 0 radical (unpaired) electrons. The zero-order chi connectivity index (χ0) is 34.4. The predicted molar refractivity (Wildman–Crippen MR) is 172 cm³/mol. The van der Waals surface area contributed by atoms with Crippen LogP contribution in [0.5, 0.6) is 0 Å². The van der Waals surface area contributed by atoms with Gasteiger partial charge in [0.15, 0.2) is 5.41 Å². The van der Waals surface area contributed by atoms with E-state index in [4.69, 9.17) is 14.2 Å². The molecule has 4 fully saturated rings. The van der Waals surface area contributed by atoms with E-state index >= 15 is 0 Å². The first-order valence-corrected chi connectivity index (χ1v) is 17.5. The number of hydrogen-bond donors (Lipinski definition) is 0. The molecule has 256 valence electrons. The highest BCUT2D eigenvalue weighted by molar-refractivity contribution is 6.52. The number of carbonyl (C=O) groups is 5. The van der Waals surface area contributed by atoms with Gasteiger partial charge >= 0.3 is 17.9 Å². The maximum Gasteiger partial charge on any atom is 0.327 e. The fourth-order valence-electron chi connectivity index (χ4n) is 11.6. The highest BCUT2D eigenvalue weighted by atomic mass is 16.7. The van der Waals surface area contributed by atoms with Gasteiger partial charge in [-0.25, -0.2) is 0 Å². The average Bonchev–Trinajstić information content (AvgIpc) is 3.17. The van der Waals surface area contributed by atoms with Crippen molar-refractivity contribution in [3.63, 3.8) is 0 Å². The first kappa shape index (κ1) is 34.8. The molecule has 0 aliphatic heterocycles. The first-order chi connectivity index (χ1) is 21.1. The van der Waals surface area contributed by atoms with Crippen LogP contribution in [0.15, 0.2) is 11.1 Å². The summed E-state index contributed by atoms with van der Waals surface area (Å²) in [4.78, 5) is 66.2. The molecule has 0 saturated heterocycles. The summed E-state index contributed by atoms with van der Waals surface area (Å²) in [6.45, 7) is 21.7. The molecular formula is C38H56O8. The summed E-state index contributed by atoms with van der Waals surface area (Å²) >= 11 is 0. The maximum absolute atomic E-state index is 14.1. The third kappa shape index (κ3) is 4.69. The number of allylic oxidation sites excluding steroid dienone is 1. The van der Waals surface area contributed by atoms with E-state index in [0.29, 0.717) is 29.4 Å². The third-order valence-electron chi connectivity index (χ3n) is 14.0. The lowest BCUT2D eigenvalue weighted by Crippen LogP contribution is -2.66. The number of carbonyl (C=O) groups excluding carboxylic acids is 5. The van der Waals surface area contributed by atoms with Crippen LogP contribution in [0.4, 0.5) is 0 Å². The van der Waals surface area contributed by atoms with Gasteiger partial charge in [0.2, 0.25) is 18.4 Å². The number of esters is 3. The lowest BCUT2D eigenvalue weighted by atomic mass is 9.33. The van der Waals surface area contributed by atoms with E-state index in [1.54, 1.807) is 20.8 Å². The molecule has 4 saturated carbocycles. The van der Waals surface area contributed by atoms with Crippen LogP contribution in [-0.2, 0) is 38.2 Å². The van der Waals surface area contributed by atoms with Crippen molar-refractivity contribution in [2.75, 3.05) is 6.79 Å². The Morgan fingerprint density at radius 1 is 0.826 bits per heavy atom. The van der Waals surface area contributed by atoms with Crippen molar-refractivity contribution in [2.24, 2.45) is 56.2 Å². The van der Waals surface area contributed by atoms with Crippen molar-refractivity contribution in [2.45, 2.75) is 134 Å². The maximum atomic E-state index is 14.1. The Balaban J connectivity index is 1.52. The Morgan fingerprint density at radius 3 is 2.07 bits per heavy atom. The molecule has 5 rings (SSSR count). The average molecular weight is 641 g/mol. The minimum atomic E-state index is -1.66. The number of ether oxygens (including phenoxy) is 3. The van der Waals surface area contributed by atoms with Crippen LogP contribution >= 0.6 is 0 Å². The van der Waals surface area contributed by atoms with Gasteiger partial charge in [-0.2, -0.15) is 0 Å². The predicted octanol–water partition coefficient (Wildman–Crippen LogP) is 7.17. The summed E-state index contributed by atoms with van der Waals surface area (Å²) in [5.41, 5.74) is -1.72. The van der Waals surface area contributed by atoms with Gasteiger partial charge in [-0.1, -0.05) is 48.5 Å². The molecule has 5 aliphatic carbocycles. The fraction of sp³-hybridized carbons (Fsp3) is 0.816. The van der Waals surface area contributed by atoms with E-state index in [9.17, 15) is 24.0 Å². The van der Waals surface area contributed by atoms with E-state index in [0.717, 1.165) is 38.5 Å². The molecule has 0 bridgehead atoms. The van der Waals surface area contributed by atoms with Crippen LogP contribution in [-0.4, -0.2) is 42.4 Å². The van der Waals surface area contributed by atoms with Crippen molar-refractivity contribution >= 4 is 29.5 Å². The minimum absolute atomic E-state index is 0.0437. The van der Waals surface area contributed by atoms with Crippen LogP contribution in [0.1, 0.15) is 128 Å². The summed E-state index contributed by atoms with van der Waals surface area (Å²) in [6, 6.07) is 0. The van der Waals surface area contributed by atoms with Gasteiger partial charge < -0.3 is 14.2 Å². The highest BCUT2D eigenvalue weighted by Crippen LogP contribution is 2.76. The fourth-order valence-corrected chi connectivity index (χ4v) is 11.6. The molecule has 0 aromatic rings. The second-order valence-corrected chi connectivity index (χ2v) is 17.8. The molecule has 5 aliphatic rings. The highest BCUT2D eigenvalue weighted by Gasteiger charge is 2.73. The number of fused-ring (bicyclic) bond motifs is 7. The van der Waals surface area contributed by atoms with Gasteiger partial charge in [-0.3, -0.25) is 24.0 Å². The molecule has 0 aromatic carbocycles. The monoisotopic (exact) mass is 640 g/mol. The largest absolute Gasteiger partial charge is 0.462 e. The molecule has 8 nitrogen and oxygen atoms in total. The normalized spacial score (nSPS) is 40.0. The van der Waals surface area contributed by atoms with E-state index in [1.165, 1.54) is 6.92 Å². The minimum Gasteiger partial charge on any atom is -0.462 e. The van der Waals surface area contributed by atoms with Crippen molar-refractivity contribution in [1.29, 1.82) is 0 Å². The second-order valence-electron chi connectivity index (χ2n) is 17.8. The zero-order valence-corrected chi connectivity index (χ0v) is 30.0. The van der Waals surface area contributed by atoms with E-state index in [1.807, 2.05) is 13.8 Å². The molecule has 8 heteroatoms. The lowest BCUT2D eigenvalue weighted by Gasteiger charge is -2.71. The van der Waals surface area contributed by atoms with Gasteiger partial charge in [0.1, 0.15) is 6.10 Å². The van der Waals surface area contributed by atoms with Crippen molar-refractivity contribution < 1.29 is 38.2 Å². The van der Waals surface area contributed by atoms with Gasteiger partial charge in [0, 0.05) is 17.9 Å². The van der Waals surface area contributed by atoms with Crippen LogP contribution in [0, 0.1) is 56.2 Å². The smallest absolute Gasteiger partial charge is 0.327 e.